The molecular formula is C11H6N2O. The van der Waals surface area contributed by atoms with Gasteiger partial charge in [-0.25, -0.2) is 9.98 Å². The van der Waals surface area contributed by atoms with Crippen LogP contribution in [0.2, 0.25) is 0 Å². The summed E-state index contributed by atoms with van der Waals surface area (Å²) in [5.41, 5.74) is 1.36. The zero-order valence-corrected chi connectivity index (χ0v) is 7.27. The minimum atomic E-state index is -0.198. The quantitative estimate of drug-likeness (QED) is 0.555. The third-order valence-electron chi connectivity index (χ3n) is 2.31. The molecule has 0 bridgehead atoms. The minimum absolute atomic E-state index is 0.198. The summed E-state index contributed by atoms with van der Waals surface area (Å²) in [6.45, 7) is 0. The monoisotopic (exact) mass is 182 g/mol. The lowest BCUT2D eigenvalue weighted by Gasteiger charge is -2.01. The number of fused-ring (bicyclic) bond motifs is 2. The number of carbonyl (C=O) groups is 1. The van der Waals surface area contributed by atoms with Gasteiger partial charge in [-0.3, -0.25) is 4.79 Å². The lowest BCUT2D eigenvalue weighted by atomic mass is 10.1. The molecule has 0 N–H and O–H groups in total. The summed E-state index contributed by atoms with van der Waals surface area (Å²) in [5, 5.41) is 1.74. The Kier molecular flexibility index (Phi) is 1.31. The van der Waals surface area contributed by atoms with E-state index in [1.54, 1.807) is 6.08 Å². The average molecular weight is 182 g/mol. The Hall–Kier alpha value is -2.03. The summed E-state index contributed by atoms with van der Waals surface area (Å²) in [6.07, 6.45) is 3.26. The van der Waals surface area contributed by atoms with Gasteiger partial charge >= 0.3 is 0 Å². The molecule has 2 aliphatic heterocycles. The fraction of sp³-hybridized carbons (Fsp3) is 0. The maximum atomic E-state index is 11.5. The van der Waals surface area contributed by atoms with Crippen molar-refractivity contribution in [1.29, 1.82) is 0 Å². The van der Waals surface area contributed by atoms with Crippen molar-refractivity contribution in [2.45, 2.75) is 0 Å². The summed E-state index contributed by atoms with van der Waals surface area (Å²) in [7, 11) is 0. The smallest absolute Gasteiger partial charge is 0.267 e. The lowest BCUT2D eigenvalue weighted by molar-refractivity contribution is -0.112. The molecule has 0 spiro atoms. The largest absolute Gasteiger partial charge is 0.279 e. The van der Waals surface area contributed by atoms with Crippen LogP contribution in [0.1, 0.15) is 0 Å². The van der Waals surface area contributed by atoms with E-state index in [2.05, 4.69) is 9.98 Å². The zero-order valence-electron chi connectivity index (χ0n) is 7.27. The van der Waals surface area contributed by atoms with Crippen LogP contribution in [0.25, 0.3) is 5.57 Å². The number of hydrogen-bond acceptors (Lipinski definition) is 2. The normalized spacial score (nSPS) is 17.3. The molecule has 1 aromatic rings. The summed E-state index contributed by atoms with van der Waals surface area (Å²) in [4.78, 5) is 19.6. The number of dihydropyridines is 1. The lowest BCUT2D eigenvalue weighted by Crippen LogP contribution is -2.24. The minimum Gasteiger partial charge on any atom is -0.267 e. The third-order valence-corrected chi connectivity index (χ3v) is 2.31. The van der Waals surface area contributed by atoms with Crippen LogP contribution in [0.5, 0.6) is 0 Å². The molecule has 0 saturated heterocycles. The van der Waals surface area contributed by atoms with E-state index in [0.717, 1.165) is 16.3 Å². The van der Waals surface area contributed by atoms with E-state index in [1.807, 2.05) is 24.3 Å². The number of allylic oxidation sites excluding steroid dienone is 1. The Morgan fingerprint density at radius 2 is 2.00 bits per heavy atom. The van der Waals surface area contributed by atoms with Crippen molar-refractivity contribution in [1.82, 2.24) is 0 Å². The number of para-hydroxylation sites is 1. The Morgan fingerprint density at radius 3 is 2.93 bits per heavy atom. The van der Waals surface area contributed by atoms with E-state index in [0.29, 0.717) is 5.57 Å². The molecule has 0 fully saturated rings. The Morgan fingerprint density at radius 1 is 1.14 bits per heavy atom. The van der Waals surface area contributed by atoms with Gasteiger partial charge in [0.05, 0.1) is 16.6 Å². The highest BCUT2D eigenvalue weighted by atomic mass is 16.1. The van der Waals surface area contributed by atoms with E-state index in [9.17, 15) is 4.79 Å². The Balaban J connectivity index is 2.51. The molecule has 1 aromatic carbocycles. The Bertz CT molecular complexity index is 608. The highest BCUT2D eigenvalue weighted by Crippen LogP contribution is 2.17. The van der Waals surface area contributed by atoms with Crippen molar-refractivity contribution in [2.24, 2.45) is 9.98 Å². The van der Waals surface area contributed by atoms with Gasteiger partial charge < -0.3 is 0 Å². The Labute approximate surface area is 79.8 Å². The number of amides is 1. The van der Waals surface area contributed by atoms with Gasteiger partial charge in [0.15, 0.2) is 0 Å². The standard InChI is InChI=1S/C11H6N2O/c14-11-10-7-3-1-2-4-8(7)13-9(10)5-6-12-11/h1-6H. The number of rotatable bonds is 0. The van der Waals surface area contributed by atoms with E-state index in [1.165, 1.54) is 6.21 Å². The van der Waals surface area contributed by atoms with Gasteiger partial charge in [-0.15, -0.1) is 0 Å². The fourth-order valence-corrected chi connectivity index (χ4v) is 1.69. The molecule has 0 aromatic heterocycles. The second kappa shape index (κ2) is 2.48. The second-order valence-corrected chi connectivity index (χ2v) is 3.14. The number of benzene rings is 1. The molecular weight excluding hydrogens is 176 g/mol. The topological polar surface area (TPSA) is 41.8 Å². The summed E-state index contributed by atoms with van der Waals surface area (Å²) >= 11 is 0. The van der Waals surface area contributed by atoms with Crippen LogP contribution in [0.3, 0.4) is 0 Å². The van der Waals surface area contributed by atoms with Crippen molar-refractivity contribution in [3.8, 4) is 0 Å². The first kappa shape index (κ1) is 7.38. The van der Waals surface area contributed by atoms with E-state index < -0.39 is 0 Å². The molecule has 14 heavy (non-hydrogen) atoms. The summed E-state index contributed by atoms with van der Waals surface area (Å²) < 4.78 is 0. The van der Waals surface area contributed by atoms with E-state index in [4.69, 9.17) is 0 Å². The first-order valence-corrected chi connectivity index (χ1v) is 4.33. The van der Waals surface area contributed by atoms with Crippen molar-refractivity contribution in [3.05, 3.63) is 46.6 Å². The predicted molar refractivity (Wildman–Crippen MR) is 52.2 cm³/mol. The molecule has 66 valence electrons. The van der Waals surface area contributed by atoms with Crippen molar-refractivity contribution in [3.63, 3.8) is 0 Å². The molecule has 0 atom stereocenters. The number of hydrogen-bond donors (Lipinski definition) is 0. The molecule has 2 heterocycles. The highest BCUT2D eigenvalue weighted by Gasteiger charge is 2.20. The second-order valence-electron chi connectivity index (χ2n) is 3.14. The molecule has 3 heteroatoms. The van der Waals surface area contributed by atoms with Gasteiger partial charge in [0.1, 0.15) is 0 Å². The first-order valence-electron chi connectivity index (χ1n) is 4.33. The van der Waals surface area contributed by atoms with Gasteiger partial charge in [0.25, 0.3) is 5.91 Å². The van der Waals surface area contributed by atoms with E-state index in [-0.39, 0.29) is 5.91 Å². The average Bonchev–Trinajstić information content (AvgIpc) is 2.57. The van der Waals surface area contributed by atoms with Crippen LogP contribution in [0.15, 0.2) is 46.0 Å². The molecule has 0 saturated carbocycles. The van der Waals surface area contributed by atoms with Crippen LogP contribution in [0.4, 0.5) is 0 Å². The van der Waals surface area contributed by atoms with Gasteiger partial charge in [-0.05, 0) is 12.1 Å². The maximum absolute atomic E-state index is 11.5. The van der Waals surface area contributed by atoms with Crippen LogP contribution in [-0.2, 0) is 4.79 Å². The van der Waals surface area contributed by atoms with Crippen LogP contribution in [-0.4, -0.2) is 12.1 Å². The molecule has 0 radical (unpaired) electrons. The highest BCUT2D eigenvalue weighted by molar-refractivity contribution is 6.24. The fourth-order valence-electron chi connectivity index (χ4n) is 1.69. The summed E-state index contributed by atoms with van der Waals surface area (Å²) in [5.74, 6) is -0.198. The predicted octanol–water partition coefficient (Wildman–Crippen LogP) is -0.0346. The molecule has 3 nitrogen and oxygen atoms in total. The summed E-state index contributed by atoms with van der Waals surface area (Å²) in [6, 6.07) is 7.60. The van der Waals surface area contributed by atoms with Crippen LogP contribution < -0.4 is 10.6 Å². The first-order chi connectivity index (χ1) is 6.86. The van der Waals surface area contributed by atoms with Crippen LogP contribution >= 0.6 is 0 Å². The van der Waals surface area contributed by atoms with Gasteiger partial charge in [0, 0.05) is 11.4 Å². The third kappa shape index (κ3) is 0.836. The number of nitrogens with zero attached hydrogens (tertiary/aromatic N) is 2. The van der Waals surface area contributed by atoms with Crippen molar-refractivity contribution in [2.75, 3.05) is 0 Å². The van der Waals surface area contributed by atoms with E-state index >= 15 is 0 Å². The van der Waals surface area contributed by atoms with Gasteiger partial charge in [-0.1, -0.05) is 18.2 Å². The van der Waals surface area contributed by atoms with Crippen molar-refractivity contribution < 1.29 is 4.79 Å². The SMILES string of the molecule is O=C1N=CC=C2N=c3ccccc3=C12. The number of aliphatic imine (C=N–C) groups is 1. The zero-order chi connectivity index (χ0) is 9.54. The number of carbonyl (C=O) groups excluding carboxylic acids is 1. The van der Waals surface area contributed by atoms with Gasteiger partial charge in [-0.2, -0.15) is 0 Å². The van der Waals surface area contributed by atoms with Crippen molar-refractivity contribution >= 4 is 17.7 Å². The molecule has 1 amide bonds. The molecule has 3 rings (SSSR count). The molecule has 0 unspecified atom stereocenters. The molecule has 0 aliphatic carbocycles. The van der Waals surface area contributed by atoms with Crippen LogP contribution in [0, 0.1) is 0 Å². The van der Waals surface area contributed by atoms with Gasteiger partial charge in [0.2, 0.25) is 0 Å². The molecule has 2 aliphatic rings. The maximum Gasteiger partial charge on any atom is 0.279 e.